The number of carbonyl (C=O) groups is 6. The number of ether oxygens (including phenoxy) is 2. The van der Waals surface area contributed by atoms with Gasteiger partial charge in [0, 0.05) is 58.8 Å². The van der Waals surface area contributed by atoms with Crippen molar-refractivity contribution in [1.82, 2.24) is 15.4 Å². The predicted molar refractivity (Wildman–Crippen MR) is 150 cm³/mol. The van der Waals surface area contributed by atoms with Gasteiger partial charge in [-0.3, -0.25) is 24.0 Å². The minimum atomic E-state index is -3.39. The van der Waals surface area contributed by atoms with Crippen LogP contribution in [0, 0.1) is 5.92 Å². The average Bonchev–Trinajstić information content (AvgIpc) is 2.92. The number of sulfonamides is 1. The Kier molecular flexibility index (Phi) is 21.0. The van der Waals surface area contributed by atoms with Gasteiger partial charge in [-0.1, -0.05) is 0 Å². The minimum absolute atomic E-state index is 0.00120. The number of Topliss-reactive ketones (excluding diaryl/α,β-unsaturated/α-hetero) is 2. The van der Waals surface area contributed by atoms with Gasteiger partial charge in [-0.2, -0.15) is 0 Å². The zero-order chi connectivity index (χ0) is 32.0. The maximum Gasteiger partial charge on any atom is 0.326 e. The van der Waals surface area contributed by atoms with Crippen LogP contribution in [0.3, 0.4) is 0 Å². The number of rotatable bonds is 27. The van der Waals surface area contributed by atoms with Crippen molar-refractivity contribution in [3.05, 3.63) is 0 Å². The van der Waals surface area contributed by atoms with Gasteiger partial charge < -0.3 is 30.3 Å². The molecule has 0 saturated carbocycles. The normalized spacial score (nSPS) is 12.7. The fourth-order valence-corrected chi connectivity index (χ4v) is 4.42. The predicted octanol–water partition coefficient (Wildman–Crippen LogP) is 0.0143. The second-order valence-corrected chi connectivity index (χ2v) is 11.7. The third kappa shape index (κ3) is 20.9. The maximum atomic E-state index is 12.3. The molecule has 5 N–H and O–H groups in total. The van der Waals surface area contributed by atoms with Gasteiger partial charge in [-0.15, -0.1) is 0 Å². The third-order valence-corrected chi connectivity index (χ3v) is 7.60. The number of carboxylic acid groups (broad SMARTS) is 2. The first-order valence-corrected chi connectivity index (χ1v) is 15.5. The SMILES string of the molecule is CNS(=O)(=O)CCCC(=O)NCCCC(=O)C[C@@H](CCC(=O)N[C@@H](CCC(=O)CCCOCCOC)C(=O)O)C(=O)O. The van der Waals surface area contributed by atoms with Crippen molar-refractivity contribution in [2.45, 2.75) is 76.7 Å². The summed E-state index contributed by atoms with van der Waals surface area (Å²) in [6, 6.07) is -1.31. The highest BCUT2D eigenvalue weighted by atomic mass is 32.2. The summed E-state index contributed by atoms with van der Waals surface area (Å²) in [5.41, 5.74) is 0. The molecule has 0 aliphatic heterocycles. The van der Waals surface area contributed by atoms with Crippen LogP contribution in [0.4, 0.5) is 0 Å². The zero-order valence-corrected chi connectivity index (χ0v) is 25.2. The van der Waals surface area contributed by atoms with E-state index in [9.17, 15) is 47.4 Å². The third-order valence-electron chi connectivity index (χ3n) is 6.15. The number of hydrogen-bond acceptors (Lipinski definition) is 10. The van der Waals surface area contributed by atoms with Gasteiger partial charge in [0.2, 0.25) is 21.8 Å². The molecule has 0 bridgehead atoms. The van der Waals surface area contributed by atoms with Crippen molar-refractivity contribution in [3.63, 3.8) is 0 Å². The van der Waals surface area contributed by atoms with Crippen LogP contribution in [0.15, 0.2) is 0 Å². The van der Waals surface area contributed by atoms with Crippen molar-refractivity contribution in [1.29, 1.82) is 0 Å². The Labute approximate surface area is 246 Å². The summed E-state index contributed by atoms with van der Waals surface area (Å²) in [7, 11) is -0.571. The standard InChI is InChI=1S/C26H45N3O12S/c1-27-42(38,39)17-5-8-23(32)28-13-3-6-21(31)18-19(25(34)35)9-12-24(33)29-22(26(36)37)11-10-20(30)7-4-14-41-16-15-40-2/h19,22,27H,3-18H2,1-2H3,(H,28,32)(H,29,33)(H,34,35)(H,36,37)/t19-,22+/m1/s1. The Hall–Kier alpha value is -2.95. The first-order valence-electron chi connectivity index (χ1n) is 13.8. The first kappa shape index (κ1) is 39.0. The molecule has 0 radical (unpaired) electrons. The molecule has 0 fully saturated rings. The van der Waals surface area contributed by atoms with Gasteiger partial charge >= 0.3 is 11.9 Å². The van der Waals surface area contributed by atoms with Crippen molar-refractivity contribution in [2.75, 3.05) is 46.3 Å². The number of methoxy groups -OCH3 is 1. The van der Waals surface area contributed by atoms with Crippen molar-refractivity contribution in [2.24, 2.45) is 5.92 Å². The van der Waals surface area contributed by atoms with Gasteiger partial charge in [0.15, 0.2) is 0 Å². The highest BCUT2D eigenvalue weighted by Crippen LogP contribution is 2.15. The quantitative estimate of drug-likeness (QED) is 0.0762. The van der Waals surface area contributed by atoms with E-state index in [0.29, 0.717) is 26.2 Å². The van der Waals surface area contributed by atoms with Crippen molar-refractivity contribution < 1.29 is 56.9 Å². The molecular weight excluding hydrogens is 578 g/mol. The number of amides is 2. The van der Waals surface area contributed by atoms with Crippen LogP contribution in [0.2, 0.25) is 0 Å². The molecule has 16 heteroatoms. The fourth-order valence-electron chi connectivity index (χ4n) is 3.69. The second-order valence-electron chi connectivity index (χ2n) is 9.64. The minimum Gasteiger partial charge on any atom is -0.481 e. The molecular formula is C26H45N3O12S. The molecule has 0 aliphatic carbocycles. The first-order chi connectivity index (χ1) is 19.8. The van der Waals surface area contributed by atoms with E-state index < -0.39 is 39.8 Å². The summed E-state index contributed by atoms with van der Waals surface area (Å²) in [6.45, 7) is 1.37. The molecule has 0 aromatic rings. The van der Waals surface area contributed by atoms with Crippen LogP contribution in [-0.4, -0.2) is 106 Å². The van der Waals surface area contributed by atoms with Crippen LogP contribution < -0.4 is 15.4 Å². The highest BCUT2D eigenvalue weighted by molar-refractivity contribution is 7.89. The Bertz CT molecular complexity index is 987. The number of carbonyl (C=O) groups excluding carboxylic acids is 4. The highest BCUT2D eigenvalue weighted by Gasteiger charge is 2.25. The van der Waals surface area contributed by atoms with Gasteiger partial charge in [0.1, 0.15) is 17.6 Å². The molecule has 0 aliphatic rings. The summed E-state index contributed by atoms with van der Waals surface area (Å²) in [4.78, 5) is 71.4. The van der Waals surface area contributed by atoms with Crippen LogP contribution in [-0.2, 0) is 48.3 Å². The lowest BCUT2D eigenvalue weighted by Crippen LogP contribution is -2.41. The van der Waals surface area contributed by atoms with Crippen LogP contribution in [0.25, 0.3) is 0 Å². The summed E-state index contributed by atoms with van der Waals surface area (Å²) in [5, 5.41) is 23.7. The van der Waals surface area contributed by atoms with Crippen molar-refractivity contribution >= 4 is 45.3 Å². The van der Waals surface area contributed by atoms with E-state index in [4.69, 9.17) is 9.47 Å². The molecule has 42 heavy (non-hydrogen) atoms. The summed E-state index contributed by atoms with van der Waals surface area (Å²) in [6.07, 6.45) is 0.0701. The zero-order valence-electron chi connectivity index (χ0n) is 24.4. The van der Waals surface area contributed by atoms with Crippen LogP contribution >= 0.6 is 0 Å². The largest absolute Gasteiger partial charge is 0.481 e. The molecule has 242 valence electrons. The van der Waals surface area contributed by atoms with E-state index in [1.54, 1.807) is 7.11 Å². The molecule has 0 aromatic carbocycles. The molecule has 0 heterocycles. The number of hydrogen-bond donors (Lipinski definition) is 5. The Morgan fingerprint density at radius 3 is 2.07 bits per heavy atom. The van der Waals surface area contributed by atoms with E-state index in [1.165, 1.54) is 7.05 Å². The van der Waals surface area contributed by atoms with E-state index in [0.717, 1.165) is 0 Å². The second kappa shape index (κ2) is 22.6. The summed E-state index contributed by atoms with van der Waals surface area (Å²) >= 11 is 0. The van der Waals surface area contributed by atoms with E-state index in [-0.39, 0.29) is 94.0 Å². The van der Waals surface area contributed by atoms with Crippen LogP contribution in [0.5, 0.6) is 0 Å². The number of carboxylic acids is 2. The van der Waals surface area contributed by atoms with Gasteiger partial charge in [-0.25, -0.2) is 17.9 Å². The van der Waals surface area contributed by atoms with Gasteiger partial charge in [0.25, 0.3) is 0 Å². The molecule has 15 nitrogen and oxygen atoms in total. The molecule has 0 aromatic heterocycles. The number of ketones is 2. The lowest BCUT2D eigenvalue weighted by molar-refractivity contribution is -0.145. The molecule has 2 atom stereocenters. The topological polar surface area (TPSA) is 232 Å². The van der Waals surface area contributed by atoms with E-state index in [2.05, 4.69) is 15.4 Å². The molecule has 0 saturated heterocycles. The number of aliphatic carboxylic acids is 2. The van der Waals surface area contributed by atoms with Gasteiger partial charge in [0.05, 0.1) is 24.9 Å². The Morgan fingerprint density at radius 2 is 1.45 bits per heavy atom. The summed E-state index contributed by atoms with van der Waals surface area (Å²) < 4.78 is 34.9. The molecule has 0 rings (SSSR count). The lowest BCUT2D eigenvalue weighted by atomic mass is 9.95. The van der Waals surface area contributed by atoms with Gasteiger partial charge in [-0.05, 0) is 39.2 Å². The Balaban J connectivity index is 4.38. The summed E-state index contributed by atoms with van der Waals surface area (Å²) in [5.74, 6) is -5.54. The lowest BCUT2D eigenvalue weighted by Gasteiger charge is -2.16. The maximum absolute atomic E-state index is 12.3. The molecule has 2 amide bonds. The fraction of sp³-hybridized carbons (Fsp3) is 0.769. The van der Waals surface area contributed by atoms with Crippen LogP contribution in [0.1, 0.15) is 70.6 Å². The monoisotopic (exact) mass is 623 g/mol. The Morgan fingerprint density at radius 1 is 0.762 bits per heavy atom. The number of nitrogens with one attached hydrogen (secondary N) is 3. The van der Waals surface area contributed by atoms with E-state index in [1.807, 2.05) is 0 Å². The smallest absolute Gasteiger partial charge is 0.326 e. The average molecular weight is 624 g/mol. The van der Waals surface area contributed by atoms with E-state index >= 15 is 0 Å². The molecule has 0 unspecified atom stereocenters. The molecule has 0 spiro atoms. The van der Waals surface area contributed by atoms with Crippen molar-refractivity contribution in [3.8, 4) is 0 Å².